The zero-order valence-electron chi connectivity index (χ0n) is 17.1. The fraction of sp³-hybridized carbons (Fsp3) is 0.409. The van der Waals surface area contributed by atoms with Crippen LogP contribution in [0.1, 0.15) is 12.0 Å². The van der Waals surface area contributed by atoms with Crippen molar-refractivity contribution in [3.8, 4) is 0 Å². The van der Waals surface area contributed by atoms with Crippen LogP contribution in [0.2, 0.25) is 0 Å². The molecule has 0 aromatic heterocycles. The van der Waals surface area contributed by atoms with Gasteiger partial charge in [0.05, 0.1) is 12.7 Å². The van der Waals surface area contributed by atoms with Crippen LogP contribution in [-0.4, -0.2) is 53.7 Å². The summed E-state index contributed by atoms with van der Waals surface area (Å²) in [6, 6.07) is 5.32. The molecule has 5 atom stereocenters. The highest BCUT2D eigenvalue weighted by molar-refractivity contribution is 5.93. The first-order valence-electron chi connectivity index (χ1n) is 9.84. The van der Waals surface area contributed by atoms with Crippen molar-refractivity contribution in [1.82, 2.24) is 5.32 Å². The number of nitrogens with one attached hydrogen (secondary N) is 1. The zero-order chi connectivity index (χ0) is 23.5. The summed E-state index contributed by atoms with van der Waals surface area (Å²) in [4.78, 5) is 37.0. The van der Waals surface area contributed by atoms with Crippen LogP contribution in [0.5, 0.6) is 0 Å². The van der Waals surface area contributed by atoms with Crippen molar-refractivity contribution in [2.75, 3.05) is 13.2 Å². The number of amides is 1. The Kier molecular flexibility index (Phi) is 6.63. The Bertz CT molecular complexity index is 921. The summed E-state index contributed by atoms with van der Waals surface area (Å²) in [6.45, 7) is 6.20. The lowest BCUT2D eigenvalue weighted by atomic mass is 9.86. The number of carboxylic acids is 1. The molecule has 2 N–H and O–H groups in total. The number of alkyl carbamates (subject to hydrolysis) is 1. The monoisotopic (exact) mass is 451 g/mol. The van der Waals surface area contributed by atoms with Gasteiger partial charge < -0.3 is 24.6 Å². The molecule has 8 nitrogen and oxygen atoms in total. The summed E-state index contributed by atoms with van der Waals surface area (Å²) < 4.78 is 44.1. The lowest BCUT2D eigenvalue weighted by Gasteiger charge is -2.35. The summed E-state index contributed by atoms with van der Waals surface area (Å²) in [5.74, 6) is -5.74. The number of benzene rings is 1. The topological polar surface area (TPSA) is 111 Å². The van der Waals surface area contributed by atoms with E-state index in [9.17, 15) is 23.9 Å². The summed E-state index contributed by atoms with van der Waals surface area (Å²) >= 11 is 0. The van der Waals surface area contributed by atoms with Crippen LogP contribution in [-0.2, 0) is 30.4 Å². The number of esters is 1. The molecule has 0 unspecified atom stereocenters. The number of carbonyl (C=O) groups excluding carboxylic acids is 2. The van der Waals surface area contributed by atoms with Crippen LogP contribution in [0.15, 0.2) is 49.6 Å². The normalized spacial score (nSPS) is 30.0. The molecular formula is C22H23F2NO7. The van der Waals surface area contributed by atoms with E-state index in [-0.39, 0.29) is 26.2 Å². The van der Waals surface area contributed by atoms with Crippen LogP contribution in [0.4, 0.5) is 13.6 Å². The molecule has 0 aliphatic heterocycles. The third kappa shape index (κ3) is 3.97. The first-order chi connectivity index (χ1) is 15.2. The summed E-state index contributed by atoms with van der Waals surface area (Å²) in [6.07, 6.45) is 0.0450. The molecule has 3 rings (SSSR count). The van der Waals surface area contributed by atoms with Crippen LogP contribution >= 0.6 is 0 Å². The molecule has 32 heavy (non-hydrogen) atoms. The number of fused-ring (bicyclic) bond motifs is 1. The predicted octanol–water partition coefficient (Wildman–Crippen LogP) is 2.53. The summed E-state index contributed by atoms with van der Waals surface area (Å²) in [5.41, 5.74) is -4.36. The Morgan fingerprint density at radius 1 is 1.16 bits per heavy atom. The molecule has 0 radical (unpaired) electrons. The molecule has 2 fully saturated rings. The van der Waals surface area contributed by atoms with E-state index in [0.717, 1.165) is 0 Å². The number of rotatable bonds is 10. The van der Waals surface area contributed by atoms with Crippen molar-refractivity contribution < 1.29 is 42.5 Å². The summed E-state index contributed by atoms with van der Waals surface area (Å²) in [7, 11) is 0. The highest BCUT2D eigenvalue weighted by Crippen LogP contribution is 2.68. The van der Waals surface area contributed by atoms with Gasteiger partial charge >= 0.3 is 18.0 Å². The van der Waals surface area contributed by atoms with Crippen LogP contribution in [0.3, 0.4) is 0 Å². The highest BCUT2D eigenvalue weighted by atomic mass is 19.1. The number of carbonyl (C=O) groups is 3. The first kappa shape index (κ1) is 23.4. The van der Waals surface area contributed by atoms with Gasteiger partial charge in [0.25, 0.3) is 0 Å². The Morgan fingerprint density at radius 3 is 2.38 bits per heavy atom. The number of aliphatic carboxylic acids is 1. The van der Waals surface area contributed by atoms with Gasteiger partial charge in [-0.2, -0.15) is 0 Å². The number of hydrogen-bond acceptors (Lipinski definition) is 6. The summed E-state index contributed by atoms with van der Waals surface area (Å²) in [5, 5.41) is 12.3. The molecular weight excluding hydrogens is 428 g/mol. The number of ether oxygens (including phenoxy) is 3. The minimum atomic E-state index is -2.61. The van der Waals surface area contributed by atoms with Crippen molar-refractivity contribution in [1.29, 1.82) is 0 Å². The Hall–Kier alpha value is -3.27. The maximum atomic E-state index is 15.6. The molecule has 2 aliphatic rings. The SMILES string of the molecule is C=CCOC(=O)N[C@@]1(C(=O)O)[C@H](OCc2ccc(F)cc2)C[C@@H]2[C@H]1[C@@]2(F)C(=O)OCC=C. The minimum Gasteiger partial charge on any atom is -0.479 e. The molecule has 1 amide bonds. The van der Waals surface area contributed by atoms with E-state index in [0.29, 0.717) is 5.56 Å². The molecule has 1 aromatic carbocycles. The number of halogens is 2. The van der Waals surface area contributed by atoms with Crippen molar-refractivity contribution >= 4 is 18.0 Å². The molecule has 0 spiro atoms. The molecule has 2 saturated carbocycles. The van der Waals surface area contributed by atoms with Gasteiger partial charge in [-0.05, 0) is 24.1 Å². The highest BCUT2D eigenvalue weighted by Gasteiger charge is 2.87. The molecule has 0 saturated heterocycles. The second-order valence-corrected chi connectivity index (χ2v) is 7.59. The average molecular weight is 451 g/mol. The fourth-order valence-corrected chi connectivity index (χ4v) is 4.32. The molecule has 1 aromatic rings. The van der Waals surface area contributed by atoms with Gasteiger partial charge in [0.1, 0.15) is 19.0 Å². The third-order valence-corrected chi connectivity index (χ3v) is 5.76. The van der Waals surface area contributed by atoms with Crippen LogP contribution in [0, 0.1) is 17.7 Å². The standard InChI is InChI=1S/C22H23F2NO7/c1-3-9-30-19(28)21(24)15-11-16(32-12-13-5-7-14(23)8-6-13)22(17(15)21,18(26)27)25-20(29)31-10-4-2/h3-8,15-17H,1-2,9-12H2,(H,25,29)(H,26,27)/t15-,16-,17+,21-,22+/m1/s1. The van der Waals surface area contributed by atoms with Gasteiger partial charge in [0.2, 0.25) is 5.67 Å². The molecule has 0 bridgehead atoms. The molecule has 0 heterocycles. The smallest absolute Gasteiger partial charge is 0.408 e. The van der Waals surface area contributed by atoms with Crippen molar-refractivity contribution in [3.05, 3.63) is 61.0 Å². The quantitative estimate of drug-likeness (QED) is 0.415. The van der Waals surface area contributed by atoms with Crippen molar-refractivity contribution in [2.24, 2.45) is 11.8 Å². The fourth-order valence-electron chi connectivity index (χ4n) is 4.32. The van der Waals surface area contributed by atoms with E-state index in [4.69, 9.17) is 14.2 Å². The molecule has 10 heteroatoms. The number of hydrogen-bond donors (Lipinski definition) is 2. The maximum absolute atomic E-state index is 15.6. The van der Waals surface area contributed by atoms with Gasteiger partial charge in [-0.15, -0.1) is 0 Å². The number of carboxylic acid groups (broad SMARTS) is 1. The number of alkyl halides is 1. The molecule has 2 aliphatic carbocycles. The molecule has 172 valence electrons. The van der Waals surface area contributed by atoms with E-state index in [2.05, 4.69) is 18.5 Å². The van der Waals surface area contributed by atoms with Crippen molar-refractivity contribution in [2.45, 2.75) is 30.3 Å². The van der Waals surface area contributed by atoms with Gasteiger partial charge in [-0.3, -0.25) is 0 Å². The van der Waals surface area contributed by atoms with Crippen molar-refractivity contribution in [3.63, 3.8) is 0 Å². The lowest BCUT2D eigenvalue weighted by molar-refractivity contribution is -0.161. The zero-order valence-corrected chi connectivity index (χ0v) is 17.1. The second kappa shape index (κ2) is 9.07. The average Bonchev–Trinajstić information content (AvgIpc) is 3.21. The maximum Gasteiger partial charge on any atom is 0.408 e. The Balaban J connectivity index is 1.87. The van der Waals surface area contributed by atoms with E-state index >= 15 is 4.39 Å². The third-order valence-electron chi connectivity index (χ3n) is 5.76. The van der Waals surface area contributed by atoms with Gasteiger partial charge in [0.15, 0.2) is 5.54 Å². The minimum absolute atomic E-state index is 0.122. The Morgan fingerprint density at radius 2 is 1.78 bits per heavy atom. The van der Waals surface area contributed by atoms with E-state index in [1.165, 1.54) is 36.4 Å². The van der Waals surface area contributed by atoms with Gasteiger partial charge in [-0.1, -0.05) is 37.4 Å². The Labute approximate surface area is 182 Å². The van der Waals surface area contributed by atoms with E-state index < -0.39 is 53.0 Å². The lowest BCUT2D eigenvalue weighted by Crippen LogP contribution is -2.64. The van der Waals surface area contributed by atoms with Gasteiger partial charge in [0, 0.05) is 11.8 Å². The second-order valence-electron chi connectivity index (χ2n) is 7.59. The van der Waals surface area contributed by atoms with Crippen LogP contribution in [0.25, 0.3) is 0 Å². The predicted molar refractivity (Wildman–Crippen MR) is 107 cm³/mol. The van der Waals surface area contributed by atoms with E-state index in [1.54, 1.807) is 0 Å². The van der Waals surface area contributed by atoms with E-state index in [1.807, 2.05) is 0 Å². The first-order valence-corrected chi connectivity index (χ1v) is 9.84. The van der Waals surface area contributed by atoms with Crippen LogP contribution < -0.4 is 5.32 Å². The largest absolute Gasteiger partial charge is 0.479 e. The van der Waals surface area contributed by atoms with Gasteiger partial charge in [-0.25, -0.2) is 23.2 Å².